The molecule has 3 aromatic carbocycles. The number of carbonyl (C=O) groups is 2. The van der Waals surface area contributed by atoms with Crippen LogP contribution in [-0.2, 0) is 0 Å². The average Bonchev–Trinajstić information content (AvgIpc) is 2.89. The molecule has 0 aromatic heterocycles. The van der Waals surface area contributed by atoms with Crippen molar-refractivity contribution >= 4 is 29.0 Å². The van der Waals surface area contributed by atoms with Crippen LogP contribution >= 0.6 is 0 Å². The Morgan fingerprint density at radius 2 is 1.60 bits per heavy atom. The highest BCUT2D eigenvalue weighted by atomic mass is 16.2. The van der Waals surface area contributed by atoms with Gasteiger partial charge >= 0.3 is 6.03 Å². The Kier molecular flexibility index (Phi) is 7.63. The second kappa shape index (κ2) is 11.2. The molecule has 0 spiro atoms. The van der Waals surface area contributed by atoms with Crippen molar-refractivity contribution in [2.45, 2.75) is 32.2 Å². The summed E-state index contributed by atoms with van der Waals surface area (Å²) in [5, 5.41) is 17.7. The highest BCUT2D eigenvalue weighted by Crippen LogP contribution is 2.28. The van der Waals surface area contributed by atoms with Crippen molar-refractivity contribution in [3.63, 3.8) is 0 Å². The number of urea groups is 1. The Balaban J connectivity index is 1.54. The van der Waals surface area contributed by atoms with E-state index >= 15 is 0 Å². The summed E-state index contributed by atoms with van der Waals surface area (Å²) in [7, 11) is 0. The van der Waals surface area contributed by atoms with Gasteiger partial charge in [-0.3, -0.25) is 4.79 Å². The number of carbonyl (C=O) groups excluding carboxylic acids is 2. The number of anilines is 3. The molecular formula is C28H29N5O2. The minimum absolute atomic E-state index is 0.162. The largest absolute Gasteiger partial charge is 0.371 e. The fourth-order valence-electron chi connectivity index (χ4n) is 4.27. The van der Waals surface area contributed by atoms with E-state index in [9.17, 15) is 9.59 Å². The van der Waals surface area contributed by atoms with Crippen LogP contribution in [0.4, 0.5) is 21.9 Å². The van der Waals surface area contributed by atoms with Crippen LogP contribution in [0.15, 0.2) is 72.8 Å². The maximum absolute atomic E-state index is 13.4. The van der Waals surface area contributed by atoms with Crippen LogP contribution in [0.25, 0.3) is 0 Å². The minimum atomic E-state index is -0.449. The quantitative estimate of drug-likeness (QED) is 0.434. The second-order valence-corrected chi connectivity index (χ2v) is 8.66. The smallest absolute Gasteiger partial charge is 0.323 e. The van der Waals surface area contributed by atoms with Gasteiger partial charge in [0.15, 0.2) is 0 Å². The third-order valence-corrected chi connectivity index (χ3v) is 6.09. The first kappa shape index (κ1) is 23.8. The van der Waals surface area contributed by atoms with Crippen LogP contribution in [-0.4, -0.2) is 25.0 Å². The van der Waals surface area contributed by atoms with Crippen molar-refractivity contribution < 1.29 is 9.59 Å². The van der Waals surface area contributed by atoms with E-state index < -0.39 is 6.03 Å². The molecule has 1 aliphatic heterocycles. The third kappa shape index (κ3) is 6.18. The summed E-state index contributed by atoms with van der Waals surface area (Å²) in [6.07, 6.45) is 3.37. The fraction of sp³-hybridized carbons (Fsp3) is 0.250. The molecule has 1 heterocycles. The van der Waals surface area contributed by atoms with Crippen LogP contribution in [0.3, 0.4) is 0 Å². The van der Waals surface area contributed by atoms with Gasteiger partial charge in [0.1, 0.15) is 0 Å². The normalized spacial score (nSPS) is 13.9. The van der Waals surface area contributed by atoms with Crippen LogP contribution in [0, 0.1) is 11.3 Å². The van der Waals surface area contributed by atoms with Crippen LogP contribution < -0.4 is 20.9 Å². The molecule has 0 aliphatic carbocycles. The first-order valence-corrected chi connectivity index (χ1v) is 11.9. The van der Waals surface area contributed by atoms with Crippen molar-refractivity contribution in [2.75, 3.05) is 28.6 Å². The Bertz CT molecular complexity index is 1230. The lowest BCUT2D eigenvalue weighted by molar-refractivity contribution is 0.0940. The lowest BCUT2D eigenvalue weighted by atomic mass is 10.0. The Labute approximate surface area is 205 Å². The molecule has 1 fully saturated rings. The highest BCUT2D eigenvalue weighted by Gasteiger charge is 2.21. The van der Waals surface area contributed by atoms with Gasteiger partial charge in [0.05, 0.1) is 23.2 Å². The Hall–Kier alpha value is -4.31. The number of piperidine rings is 1. The molecular weight excluding hydrogens is 438 g/mol. The molecule has 3 aromatic rings. The zero-order valence-electron chi connectivity index (χ0n) is 19.8. The van der Waals surface area contributed by atoms with Crippen molar-refractivity contribution in [1.29, 1.82) is 5.26 Å². The van der Waals surface area contributed by atoms with Gasteiger partial charge in [0.2, 0.25) is 0 Å². The molecule has 0 saturated carbocycles. The van der Waals surface area contributed by atoms with E-state index in [1.807, 2.05) is 49.4 Å². The topological polar surface area (TPSA) is 97.3 Å². The van der Waals surface area contributed by atoms with E-state index in [0.29, 0.717) is 22.5 Å². The number of nitriles is 1. The summed E-state index contributed by atoms with van der Waals surface area (Å²) in [4.78, 5) is 28.2. The minimum Gasteiger partial charge on any atom is -0.371 e. The fourth-order valence-corrected chi connectivity index (χ4v) is 4.27. The van der Waals surface area contributed by atoms with E-state index in [1.165, 1.54) is 6.42 Å². The summed E-state index contributed by atoms with van der Waals surface area (Å²) in [6, 6.07) is 23.4. The molecule has 1 saturated heterocycles. The molecule has 178 valence electrons. The van der Waals surface area contributed by atoms with Crippen molar-refractivity contribution in [3.05, 3.63) is 89.5 Å². The van der Waals surface area contributed by atoms with Gasteiger partial charge in [-0.15, -0.1) is 0 Å². The number of rotatable bonds is 6. The van der Waals surface area contributed by atoms with E-state index in [2.05, 4.69) is 26.9 Å². The number of benzene rings is 3. The van der Waals surface area contributed by atoms with Gasteiger partial charge in [-0.1, -0.05) is 36.4 Å². The molecule has 35 heavy (non-hydrogen) atoms. The second-order valence-electron chi connectivity index (χ2n) is 8.66. The van der Waals surface area contributed by atoms with Gasteiger partial charge in [0.25, 0.3) is 5.91 Å². The molecule has 7 nitrogen and oxygen atoms in total. The molecule has 4 rings (SSSR count). The zero-order valence-corrected chi connectivity index (χ0v) is 19.8. The van der Waals surface area contributed by atoms with Gasteiger partial charge in [-0.05, 0) is 68.1 Å². The molecule has 1 aliphatic rings. The van der Waals surface area contributed by atoms with E-state index in [-0.39, 0.29) is 11.9 Å². The van der Waals surface area contributed by atoms with Crippen molar-refractivity contribution in [1.82, 2.24) is 5.32 Å². The number of hydrogen-bond donors (Lipinski definition) is 3. The molecule has 0 bridgehead atoms. The average molecular weight is 468 g/mol. The lowest BCUT2D eigenvalue weighted by Gasteiger charge is -2.31. The first-order valence-electron chi connectivity index (χ1n) is 11.9. The number of nitrogens with one attached hydrogen (secondary N) is 3. The molecule has 0 radical (unpaired) electrons. The van der Waals surface area contributed by atoms with E-state index in [0.717, 1.165) is 37.2 Å². The summed E-state index contributed by atoms with van der Waals surface area (Å²) < 4.78 is 0. The first-order chi connectivity index (χ1) is 17.0. The van der Waals surface area contributed by atoms with Gasteiger partial charge < -0.3 is 20.9 Å². The SMILES string of the molecule is CC(NC(=O)c1cc(NC(=O)Nc2cccc(C#N)c2)ccc1N1CCCCC1)c1ccccc1. The van der Waals surface area contributed by atoms with E-state index in [1.54, 1.807) is 30.3 Å². The third-order valence-electron chi connectivity index (χ3n) is 6.09. The van der Waals surface area contributed by atoms with Crippen LogP contribution in [0.1, 0.15) is 53.7 Å². The standard InChI is InChI=1S/C28H29N5O2/c1-20(22-10-4-2-5-11-22)30-27(34)25-18-24(13-14-26(25)33-15-6-3-7-16-33)32-28(35)31-23-12-8-9-21(17-23)19-29/h2,4-5,8-14,17-18,20H,3,6-7,15-16H2,1H3,(H,30,34)(H2,31,32,35). The van der Waals surface area contributed by atoms with Gasteiger partial charge in [-0.25, -0.2) is 4.79 Å². The highest BCUT2D eigenvalue weighted by molar-refractivity contribution is 6.04. The predicted molar refractivity (Wildman–Crippen MR) is 139 cm³/mol. The molecule has 1 atom stereocenters. The predicted octanol–water partition coefficient (Wildman–Crippen LogP) is 5.68. The molecule has 3 N–H and O–H groups in total. The maximum Gasteiger partial charge on any atom is 0.323 e. The van der Waals surface area contributed by atoms with Gasteiger partial charge in [-0.2, -0.15) is 5.26 Å². The summed E-state index contributed by atoms with van der Waals surface area (Å²) in [6.45, 7) is 3.76. The van der Waals surface area contributed by atoms with Crippen molar-refractivity contribution in [2.24, 2.45) is 0 Å². The summed E-state index contributed by atoms with van der Waals surface area (Å²) >= 11 is 0. The van der Waals surface area contributed by atoms with Crippen LogP contribution in [0.2, 0.25) is 0 Å². The lowest BCUT2D eigenvalue weighted by Crippen LogP contribution is -2.33. The van der Waals surface area contributed by atoms with Gasteiger partial charge in [0, 0.05) is 30.2 Å². The Morgan fingerprint density at radius 3 is 2.31 bits per heavy atom. The number of amides is 3. The zero-order chi connectivity index (χ0) is 24.6. The summed E-state index contributed by atoms with van der Waals surface area (Å²) in [5.74, 6) is -0.187. The monoisotopic (exact) mass is 467 g/mol. The summed E-state index contributed by atoms with van der Waals surface area (Å²) in [5.41, 5.74) is 3.90. The van der Waals surface area contributed by atoms with E-state index in [4.69, 9.17) is 5.26 Å². The van der Waals surface area contributed by atoms with Crippen LogP contribution in [0.5, 0.6) is 0 Å². The molecule has 3 amide bonds. The number of nitrogens with zero attached hydrogens (tertiary/aromatic N) is 2. The van der Waals surface area contributed by atoms with Crippen molar-refractivity contribution in [3.8, 4) is 6.07 Å². The molecule has 1 unspecified atom stereocenters. The maximum atomic E-state index is 13.4. The molecule has 7 heteroatoms. The Morgan fingerprint density at radius 1 is 0.886 bits per heavy atom. The number of hydrogen-bond acceptors (Lipinski definition) is 4.